The second-order valence-electron chi connectivity index (χ2n) is 4.29. The number of nitrogens with zero attached hydrogens (tertiary/aromatic N) is 2. The quantitative estimate of drug-likeness (QED) is 0.731. The van der Waals surface area contributed by atoms with Gasteiger partial charge in [0, 0.05) is 13.5 Å². The van der Waals surface area contributed by atoms with Crippen LogP contribution in [0.25, 0.3) is 11.0 Å². The molecular weight excluding hydrogens is 184 g/mol. The number of aryl methyl sites for hydroxylation is 4. The normalized spacial score (nSPS) is 11.2. The Morgan fingerprint density at radius 3 is 2.67 bits per heavy atom. The fourth-order valence-corrected chi connectivity index (χ4v) is 2.13. The number of hydrogen-bond acceptors (Lipinski definition) is 1. The van der Waals surface area contributed by atoms with Gasteiger partial charge in [0.15, 0.2) is 0 Å². The van der Waals surface area contributed by atoms with Crippen LogP contribution in [-0.4, -0.2) is 9.55 Å². The van der Waals surface area contributed by atoms with Gasteiger partial charge in [-0.1, -0.05) is 13.0 Å². The monoisotopic (exact) mass is 202 g/mol. The Balaban J connectivity index is 2.70. The first-order valence-electron chi connectivity index (χ1n) is 5.56. The van der Waals surface area contributed by atoms with Crippen LogP contribution in [0, 0.1) is 13.8 Å². The number of imidazole rings is 1. The van der Waals surface area contributed by atoms with E-state index >= 15 is 0 Å². The number of fused-ring (bicyclic) bond motifs is 1. The van der Waals surface area contributed by atoms with Crippen LogP contribution in [0.3, 0.4) is 0 Å². The first-order valence-corrected chi connectivity index (χ1v) is 5.56. The lowest BCUT2D eigenvalue weighted by Gasteiger charge is -2.01. The molecule has 0 N–H and O–H groups in total. The second kappa shape index (κ2) is 3.69. The maximum absolute atomic E-state index is 4.71. The molecule has 0 radical (unpaired) electrons. The number of benzene rings is 1. The van der Waals surface area contributed by atoms with E-state index in [2.05, 4.69) is 44.5 Å². The summed E-state index contributed by atoms with van der Waals surface area (Å²) in [6.45, 7) is 6.47. The van der Waals surface area contributed by atoms with Gasteiger partial charge >= 0.3 is 0 Å². The Morgan fingerprint density at radius 2 is 2.00 bits per heavy atom. The van der Waals surface area contributed by atoms with Crippen LogP contribution in [0.2, 0.25) is 0 Å². The molecule has 2 nitrogen and oxygen atoms in total. The summed E-state index contributed by atoms with van der Waals surface area (Å²) >= 11 is 0. The van der Waals surface area contributed by atoms with E-state index in [0.717, 1.165) is 18.4 Å². The summed E-state index contributed by atoms with van der Waals surface area (Å²) < 4.78 is 2.22. The van der Waals surface area contributed by atoms with Crippen LogP contribution in [-0.2, 0) is 13.5 Å². The van der Waals surface area contributed by atoms with Crippen molar-refractivity contribution in [3.8, 4) is 0 Å². The Bertz CT molecular complexity index is 495. The van der Waals surface area contributed by atoms with E-state index in [4.69, 9.17) is 4.98 Å². The van der Waals surface area contributed by atoms with Gasteiger partial charge in [0.05, 0.1) is 11.0 Å². The van der Waals surface area contributed by atoms with Gasteiger partial charge in [0.25, 0.3) is 0 Å². The van der Waals surface area contributed by atoms with Gasteiger partial charge in [-0.3, -0.25) is 0 Å². The summed E-state index contributed by atoms with van der Waals surface area (Å²) in [6, 6.07) is 4.42. The fourth-order valence-electron chi connectivity index (χ4n) is 2.13. The van der Waals surface area contributed by atoms with E-state index in [-0.39, 0.29) is 0 Å². The van der Waals surface area contributed by atoms with Gasteiger partial charge in [-0.25, -0.2) is 4.98 Å². The molecule has 0 fully saturated rings. The summed E-state index contributed by atoms with van der Waals surface area (Å²) in [4.78, 5) is 4.71. The minimum absolute atomic E-state index is 1.06. The molecule has 0 saturated carbocycles. The third-order valence-corrected chi connectivity index (χ3v) is 2.89. The zero-order chi connectivity index (χ0) is 11.0. The largest absolute Gasteiger partial charge is 0.331 e. The van der Waals surface area contributed by atoms with Crippen LogP contribution in [0.4, 0.5) is 0 Å². The van der Waals surface area contributed by atoms with Crippen molar-refractivity contribution in [1.29, 1.82) is 0 Å². The van der Waals surface area contributed by atoms with Crippen LogP contribution in [0.15, 0.2) is 12.1 Å². The van der Waals surface area contributed by atoms with Crippen molar-refractivity contribution in [3.05, 3.63) is 29.1 Å². The molecule has 2 heteroatoms. The van der Waals surface area contributed by atoms with Gasteiger partial charge in [-0.2, -0.15) is 0 Å². The predicted octanol–water partition coefficient (Wildman–Crippen LogP) is 3.14. The van der Waals surface area contributed by atoms with Crippen molar-refractivity contribution in [2.45, 2.75) is 33.6 Å². The van der Waals surface area contributed by atoms with Gasteiger partial charge in [0.2, 0.25) is 0 Å². The first kappa shape index (κ1) is 10.2. The number of hydrogen-bond donors (Lipinski definition) is 0. The molecule has 0 saturated heterocycles. The van der Waals surface area contributed by atoms with Crippen LogP contribution in [0.5, 0.6) is 0 Å². The van der Waals surface area contributed by atoms with Gasteiger partial charge in [-0.15, -0.1) is 0 Å². The predicted molar refractivity (Wildman–Crippen MR) is 64.2 cm³/mol. The molecule has 1 aromatic heterocycles. The molecule has 0 unspecified atom stereocenters. The molecule has 0 aliphatic heterocycles. The van der Waals surface area contributed by atoms with E-state index in [1.165, 1.54) is 22.5 Å². The Labute approximate surface area is 90.9 Å². The van der Waals surface area contributed by atoms with Crippen molar-refractivity contribution in [1.82, 2.24) is 9.55 Å². The smallest absolute Gasteiger partial charge is 0.109 e. The third-order valence-electron chi connectivity index (χ3n) is 2.89. The lowest BCUT2D eigenvalue weighted by atomic mass is 10.1. The molecular formula is C13H18N2. The molecule has 0 amide bonds. The zero-order valence-electron chi connectivity index (χ0n) is 9.96. The van der Waals surface area contributed by atoms with Crippen LogP contribution >= 0.6 is 0 Å². The first-order chi connectivity index (χ1) is 7.13. The van der Waals surface area contributed by atoms with Gasteiger partial charge < -0.3 is 4.57 Å². The SMILES string of the molecule is CCCc1nc2c(C)cc(C)cc2n1C. The Hall–Kier alpha value is -1.31. The van der Waals surface area contributed by atoms with Crippen LogP contribution in [0.1, 0.15) is 30.3 Å². The molecule has 80 valence electrons. The lowest BCUT2D eigenvalue weighted by Crippen LogP contribution is -1.96. The topological polar surface area (TPSA) is 17.8 Å². The molecule has 0 atom stereocenters. The highest BCUT2D eigenvalue weighted by atomic mass is 15.1. The fraction of sp³-hybridized carbons (Fsp3) is 0.462. The van der Waals surface area contributed by atoms with E-state index < -0.39 is 0 Å². The highest BCUT2D eigenvalue weighted by molar-refractivity contribution is 5.80. The molecule has 2 rings (SSSR count). The third kappa shape index (κ3) is 1.65. The molecule has 0 aliphatic rings. The number of rotatable bonds is 2. The lowest BCUT2D eigenvalue weighted by molar-refractivity contribution is 0.773. The van der Waals surface area contributed by atoms with E-state index in [0.29, 0.717) is 0 Å². The van der Waals surface area contributed by atoms with E-state index in [1.807, 2.05) is 0 Å². The molecule has 0 aliphatic carbocycles. The van der Waals surface area contributed by atoms with Crippen LogP contribution < -0.4 is 0 Å². The van der Waals surface area contributed by atoms with Crippen molar-refractivity contribution < 1.29 is 0 Å². The maximum atomic E-state index is 4.71. The second-order valence-corrected chi connectivity index (χ2v) is 4.29. The van der Waals surface area contributed by atoms with E-state index in [9.17, 15) is 0 Å². The molecule has 15 heavy (non-hydrogen) atoms. The average molecular weight is 202 g/mol. The molecule has 1 aromatic carbocycles. The highest BCUT2D eigenvalue weighted by Gasteiger charge is 2.08. The molecule has 1 heterocycles. The Kier molecular flexibility index (Phi) is 2.51. The zero-order valence-corrected chi connectivity index (χ0v) is 9.96. The minimum atomic E-state index is 1.06. The van der Waals surface area contributed by atoms with Crippen molar-refractivity contribution >= 4 is 11.0 Å². The van der Waals surface area contributed by atoms with Gasteiger partial charge in [-0.05, 0) is 37.5 Å². The summed E-state index contributed by atoms with van der Waals surface area (Å²) in [5.74, 6) is 1.20. The molecule has 2 aromatic rings. The van der Waals surface area contributed by atoms with E-state index in [1.54, 1.807) is 0 Å². The summed E-state index contributed by atoms with van der Waals surface area (Å²) in [5, 5.41) is 0. The Morgan fingerprint density at radius 1 is 1.27 bits per heavy atom. The molecule has 0 spiro atoms. The van der Waals surface area contributed by atoms with Crippen molar-refractivity contribution in [3.63, 3.8) is 0 Å². The number of aromatic nitrogens is 2. The minimum Gasteiger partial charge on any atom is -0.331 e. The van der Waals surface area contributed by atoms with Gasteiger partial charge in [0.1, 0.15) is 5.82 Å². The molecule has 0 bridgehead atoms. The van der Waals surface area contributed by atoms with Crippen molar-refractivity contribution in [2.75, 3.05) is 0 Å². The average Bonchev–Trinajstić information content (AvgIpc) is 2.47. The maximum Gasteiger partial charge on any atom is 0.109 e. The highest BCUT2D eigenvalue weighted by Crippen LogP contribution is 2.21. The summed E-state index contributed by atoms with van der Waals surface area (Å²) in [5.41, 5.74) is 5.01. The summed E-state index contributed by atoms with van der Waals surface area (Å²) in [6.07, 6.45) is 2.21. The standard InChI is InChI=1S/C13H18N2/c1-5-6-12-14-13-10(3)7-9(2)8-11(13)15(12)4/h7-8H,5-6H2,1-4H3. The summed E-state index contributed by atoms with van der Waals surface area (Å²) in [7, 11) is 2.11. The van der Waals surface area contributed by atoms with Crippen molar-refractivity contribution in [2.24, 2.45) is 7.05 Å².